The molecule has 2 fully saturated rings. The van der Waals surface area contributed by atoms with E-state index in [9.17, 15) is 4.79 Å². The lowest BCUT2D eigenvalue weighted by Crippen LogP contribution is -2.54. The van der Waals surface area contributed by atoms with Gasteiger partial charge in [0.25, 0.3) is 5.91 Å². The number of rotatable bonds is 4. The molecule has 3 unspecified atom stereocenters. The van der Waals surface area contributed by atoms with Crippen molar-refractivity contribution in [1.29, 1.82) is 0 Å². The third-order valence-electron chi connectivity index (χ3n) is 6.40. The molecule has 3 atom stereocenters. The Morgan fingerprint density at radius 2 is 1.82 bits per heavy atom. The van der Waals surface area contributed by atoms with E-state index in [1.807, 2.05) is 31.2 Å². The van der Waals surface area contributed by atoms with Gasteiger partial charge in [0, 0.05) is 12.1 Å². The van der Waals surface area contributed by atoms with E-state index in [2.05, 4.69) is 34.5 Å². The van der Waals surface area contributed by atoms with Crippen LogP contribution in [0.2, 0.25) is 5.02 Å². The van der Waals surface area contributed by atoms with Gasteiger partial charge >= 0.3 is 0 Å². The molecular weight excluding hydrogens is 368 g/mol. The fourth-order valence-electron chi connectivity index (χ4n) is 4.96. The molecule has 2 aliphatic rings. The highest BCUT2D eigenvalue weighted by atomic mass is 35.5. The van der Waals surface area contributed by atoms with Crippen LogP contribution in [0.5, 0.6) is 0 Å². The van der Waals surface area contributed by atoms with Crippen LogP contribution >= 0.6 is 11.6 Å². The number of hydrogen-bond donors (Lipinski definition) is 1. The number of carbonyl (C=O) groups is 1. The summed E-state index contributed by atoms with van der Waals surface area (Å²) in [6.07, 6.45) is 7.51. The van der Waals surface area contributed by atoms with Crippen molar-refractivity contribution in [3.8, 4) is 0 Å². The van der Waals surface area contributed by atoms with Crippen LogP contribution in [-0.2, 0) is 0 Å². The summed E-state index contributed by atoms with van der Waals surface area (Å²) in [5.41, 5.74) is 2.67. The lowest BCUT2D eigenvalue weighted by molar-refractivity contribution is 0.0311. The van der Waals surface area contributed by atoms with Gasteiger partial charge in [-0.2, -0.15) is 0 Å². The molecule has 2 heterocycles. The number of benzene rings is 2. The molecule has 1 amide bonds. The second kappa shape index (κ2) is 8.67. The minimum Gasteiger partial charge on any atom is -0.344 e. The molecule has 0 aliphatic carbocycles. The molecule has 4 heteroatoms. The van der Waals surface area contributed by atoms with Crippen LogP contribution in [-0.4, -0.2) is 29.4 Å². The number of piperidine rings is 2. The average molecular weight is 397 g/mol. The third kappa shape index (κ3) is 3.97. The molecule has 28 heavy (non-hydrogen) atoms. The molecule has 2 aromatic rings. The molecule has 4 rings (SSSR count). The summed E-state index contributed by atoms with van der Waals surface area (Å²) >= 11 is 6.44. The van der Waals surface area contributed by atoms with Crippen LogP contribution in [0.1, 0.15) is 66.1 Å². The van der Waals surface area contributed by atoms with Crippen LogP contribution in [0.25, 0.3) is 0 Å². The summed E-state index contributed by atoms with van der Waals surface area (Å²) in [7, 11) is 0. The minimum absolute atomic E-state index is 0.0221. The highest BCUT2D eigenvalue weighted by Gasteiger charge is 2.38. The summed E-state index contributed by atoms with van der Waals surface area (Å²) in [6.45, 7) is 3.08. The maximum Gasteiger partial charge on any atom is 0.253 e. The number of fused-ring (bicyclic) bond motifs is 1. The summed E-state index contributed by atoms with van der Waals surface area (Å²) in [4.78, 5) is 15.9. The van der Waals surface area contributed by atoms with Crippen molar-refractivity contribution in [2.24, 2.45) is 0 Å². The minimum atomic E-state index is -0.0818. The molecular formula is C24H29ClN2O. The maximum absolute atomic E-state index is 13.2. The molecule has 0 saturated carbocycles. The Morgan fingerprint density at radius 1 is 1.04 bits per heavy atom. The summed E-state index contributed by atoms with van der Waals surface area (Å²) in [5, 5.41) is 3.90. The average Bonchev–Trinajstić information content (AvgIpc) is 2.74. The Balaban J connectivity index is 1.64. The van der Waals surface area contributed by atoms with E-state index in [0.29, 0.717) is 22.7 Å². The Labute approximate surface area is 173 Å². The highest BCUT2D eigenvalue weighted by molar-refractivity contribution is 6.34. The van der Waals surface area contributed by atoms with Gasteiger partial charge < -0.3 is 5.32 Å². The van der Waals surface area contributed by atoms with Gasteiger partial charge in [0.1, 0.15) is 0 Å². The largest absolute Gasteiger partial charge is 0.344 e. The van der Waals surface area contributed by atoms with Crippen LogP contribution in [0.3, 0.4) is 0 Å². The first-order chi connectivity index (χ1) is 13.6. The van der Waals surface area contributed by atoms with Crippen LogP contribution in [0.15, 0.2) is 48.5 Å². The number of hydrogen-bond acceptors (Lipinski definition) is 2. The Morgan fingerprint density at radius 3 is 2.64 bits per heavy atom. The Hall–Kier alpha value is -1.84. The zero-order valence-electron chi connectivity index (χ0n) is 16.5. The van der Waals surface area contributed by atoms with Gasteiger partial charge in [-0.15, -0.1) is 0 Å². The highest BCUT2D eigenvalue weighted by Crippen LogP contribution is 2.36. The molecule has 0 aromatic heterocycles. The molecule has 0 bridgehead atoms. The fourth-order valence-corrected chi connectivity index (χ4v) is 5.17. The molecule has 2 aliphatic heterocycles. The molecule has 148 valence electrons. The van der Waals surface area contributed by atoms with E-state index >= 15 is 0 Å². The van der Waals surface area contributed by atoms with Crippen molar-refractivity contribution in [3.63, 3.8) is 0 Å². The van der Waals surface area contributed by atoms with Gasteiger partial charge in [-0.3, -0.25) is 9.69 Å². The van der Waals surface area contributed by atoms with Crippen molar-refractivity contribution in [2.45, 2.75) is 63.6 Å². The predicted molar refractivity (Wildman–Crippen MR) is 115 cm³/mol. The normalized spacial score (nSPS) is 23.6. The zero-order chi connectivity index (χ0) is 19.5. The van der Waals surface area contributed by atoms with Gasteiger partial charge in [0.2, 0.25) is 0 Å². The van der Waals surface area contributed by atoms with Gasteiger partial charge in [0.15, 0.2) is 0 Å². The molecule has 3 nitrogen and oxygen atoms in total. The van der Waals surface area contributed by atoms with Crippen molar-refractivity contribution in [1.82, 2.24) is 10.2 Å². The number of nitrogens with zero attached hydrogens (tertiary/aromatic N) is 1. The smallest absolute Gasteiger partial charge is 0.253 e. The van der Waals surface area contributed by atoms with E-state index < -0.39 is 0 Å². The second-order valence-corrected chi connectivity index (χ2v) is 8.56. The van der Waals surface area contributed by atoms with Gasteiger partial charge in [-0.1, -0.05) is 66.9 Å². The van der Waals surface area contributed by atoms with E-state index in [1.165, 1.54) is 37.7 Å². The van der Waals surface area contributed by atoms with Gasteiger partial charge in [-0.05, 0) is 56.3 Å². The van der Waals surface area contributed by atoms with Crippen LogP contribution in [0, 0.1) is 6.92 Å². The Kier molecular flexibility index (Phi) is 6.03. The number of nitrogens with one attached hydrogen (secondary N) is 1. The van der Waals surface area contributed by atoms with E-state index in [-0.39, 0.29) is 11.9 Å². The fraction of sp³-hybridized carbons (Fsp3) is 0.458. The van der Waals surface area contributed by atoms with Crippen molar-refractivity contribution >= 4 is 17.5 Å². The lowest BCUT2D eigenvalue weighted by Gasteiger charge is -2.48. The number of halogens is 1. The second-order valence-electron chi connectivity index (χ2n) is 8.18. The topological polar surface area (TPSA) is 32.3 Å². The number of amides is 1. The number of carbonyl (C=O) groups excluding carboxylic acids is 1. The van der Waals surface area contributed by atoms with E-state index in [0.717, 1.165) is 18.5 Å². The first kappa shape index (κ1) is 19.5. The van der Waals surface area contributed by atoms with Crippen molar-refractivity contribution in [3.05, 3.63) is 70.2 Å². The van der Waals surface area contributed by atoms with E-state index in [1.54, 1.807) is 0 Å². The summed E-state index contributed by atoms with van der Waals surface area (Å²) in [5.74, 6) is -0.0818. The van der Waals surface area contributed by atoms with Crippen molar-refractivity contribution in [2.75, 3.05) is 6.54 Å². The van der Waals surface area contributed by atoms with Gasteiger partial charge in [0.05, 0.1) is 16.6 Å². The molecule has 2 aromatic carbocycles. The van der Waals surface area contributed by atoms with E-state index in [4.69, 9.17) is 11.6 Å². The number of aryl methyl sites for hydroxylation is 1. The van der Waals surface area contributed by atoms with Gasteiger partial charge in [-0.25, -0.2) is 0 Å². The first-order valence-electron chi connectivity index (χ1n) is 10.5. The lowest BCUT2D eigenvalue weighted by atomic mass is 9.84. The maximum atomic E-state index is 13.2. The third-order valence-corrected chi connectivity index (χ3v) is 6.90. The molecule has 2 saturated heterocycles. The van der Waals surface area contributed by atoms with Crippen LogP contribution < -0.4 is 5.32 Å². The monoisotopic (exact) mass is 396 g/mol. The summed E-state index contributed by atoms with van der Waals surface area (Å²) < 4.78 is 0. The molecule has 0 radical (unpaired) electrons. The quantitative estimate of drug-likeness (QED) is 0.737. The summed E-state index contributed by atoms with van der Waals surface area (Å²) in [6, 6.07) is 17.1. The first-order valence-corrected chi connectivity index (χ1v) is 10.9. The van der Waals surface area contributed by atoms with Crippen molar-refractivity contribution < 1.29 is 4.79 Å². The standard InChI is InChI=1S/C24H29ClN2O/c1-17-9-7-14-20(22(17)25)24(28)26-23(18-10-3-2-4-11-18)21-15-8-13-19-12-5-6-16-27(19)21/h2-4,7,9-11,14,19,21,23H,5-6,8,12-13,15-16H2,1H3,(H,26,28). The predicted octanol–water partition coefficient (Wildman–Crippen LogP) is 5.53. The zero-order valence-corrected chi connectivity index (χ0v) is 17.3. The molecule has 0 spiro atoms. The SMILES string of the molecule is Cc1cccc(C(=O)NC(c2ccccc2)C2CCCC3CCCCN32)c1Cl. The van der Waals surface area contributed by atoms with Crippen LogP contribution in [0.4, 0.5) is 0 Å². The molecule has 1 N–H and O–H groups in total. The Bertz CT molecular complexity index is 821.